The van der Waals surface area contributed by atoms with Crippen molar-refractivity contribution in [1.82, 2.24) is 9.88 Å². The van der Waals surface area contributed by atoms with Crippen molar-refractivity contribution in [2.75, 3.05) is 19.7 Å². The molecule has 0 radical (unpaired) electrons. The number of benzene rings is 1. The second kappa shape index (κ2) is 7.82. The minimum Gasteiger partial charge on any atom is -0.482 e. The maximum absolute atomic E-state index is 13.6. The second-order valence-electron chi connectivity index (χ2n) is 10.3. The predicted molar refractivity (Wildman–Crippen MR) is 121 cm³/mol. The van der Waals surface area contributed by atoms with Crippen molar-refractivity contribution in [1.29, 1.82) is 0 Å². The molecule has 1 unspecified atom stereocenters. The average Bonchev–Trinajstić information content (AvgIpc) is 3.43. The van der Waals surface area contributed by atoms with Gasteiger partial charge in [0, 0.05) is 30.9 Å². The zero-order chi connectivity index (χ0) is 24.1. The Labute approximate surface area is 198 Å². The van der Waals surface area contributed by atoms with Crippen molar-refractivity contribution in [3.63, 3.8) is 0 Å². The Morgan fingerprint density at radius 1 is 1.12 bits per heavy atom. The molecule has 0 N–H and O–H groups in total. The molecule has 1 spiro atoms. The Kier molecular flexibility index (Phi) is 5.15. The Hall–Kier alpha value is -3.42. The molecule has 1 aliphatic carbocycles. The topological polar surface area (TPSA) is 95.0 Å². The first-order chi connectivity index (χ1) is 16.1. The molecule has 1 saturated heterocycles. The smallest absolute Gasteiger partial charge is 0.344 e. The molecule has 0 bridgehead atoms. The van der Waals surface area contributed by atoms with Crippen LogP contribution in [-0.4, -0.2) is 53.0 Å². The van der Waals surface area contributed by atoms with E-state index in [9.17, 15) is 14.4 Å². The fourth-order valence-electron chi connectivity index (χ4n) is 4.94. The SMILES string of the molecule is CC(C)(C)OC(=O)COc1ccc(C2(C(=O)N3CCC4(C3)OC(=O)c3cnccc34)CC2)cc1. The van der Waals surface area contributed by atoms with Crippen LogP contribution >= 0.6 is 0 Å². The lowest BCUT2D eigenvalue weighted by Gasteiger charge is -2.27. The number of fused-ring (bicyclic) bond motifs is 2. The summed E-state index contributed by atoms with van der Waals surface area (Å²) in [5, 5.41) is 0. The molecule has 1 atom stereocenters. The van der Waals surface area contributed by atoms with Gasteiger partial charge in [-0.1, -0.05) is 12.1 Å². The number of esters is 2. The Balaban J connectivity index is 1.25. The second-order valence-corrected chi connectivity index (χ2v) is 10.3. The first-order valence-corrected chi connectivity index (χ1v) is 11.5. The highest BCUT2D eigenvalue weighted by Crippen LogP contribution is 2.52. The van der Waals surface area contributed by atoms with E-state index in [1.165, 1.54) is 6.20 Å². The van der Waals surface area contributed by atoms with Crippen molar-refractivity contribution in [3.05, 3.63) is 59.4 Å². The van der Waals surface area contributed by atoms with Gasteiger partial charge in [-0.15, -0.1) is 0 Å². The summed E-state index contributed by atoms with van der Waals surface area (Å²) in [5.41, 5.74) is 0.335. The third-order valence-electron chi connectivity index (χ3n) is 6.68. The fourth-order valence-corrected chi connectivity index (χ4v) is 4.94. The summed E-state index contributed by atoms with van der Waals surface area (Å²) in [5.74, 6) is -0.203. The molecule has 3 heterocycles. The van der Waals surface area contributed by atoms with E-state index in [1.807, 2.05) is 23.1 Å². The highest BCUT2D eigenvalue weighted by Gasteiger charge is 2.57. The van der Waals surface area contributed by atoms with Gasteiger partial charge in [0.25, 0.3) is 0 Å². The van der Waals surface area contributed by atoms with Crippen LogP contribution in [0.15, 0.2) is 42.7 Å². The molecular formula is C26H28N2O6. The number of rotatable bonds is 5. The van der Waals surface area contributed by atoms with E-state index in [-0.39, 0.29) is 18.5 Å². The molecule has 1 aromatic heterocycles. The number of pyridine rings is 1. The van der Waals surface area contributed by atoms with E-state index in [0.717, 1.165) is 24.0 Å². The summed E-state index contributed by atoms with van der Waals surface area (Å²) in [6, 6.07) is 9.15. The average molecular weight is 465 g/mol. The number of nitrogens with zero attached hydrogens (tertiary/aromatic N) is 2. The fraction of sp³-hybridized carbons (Fsp3) is 0.462. The minimum absolute atomic E-state index is 0.0605. The summed E-state index contributed by atoms with van der Waals surface area (Å²) in [6.45, 7) is 6.13. The normalized spacial score (nSPS) is 22.3. The summed E-state index contributed by atoms with van der Waals surface area (Å²) in [4.78, 5) is 43.6. The Morgan fingerprint density at radius 3 is 2.53 bits per heavy atom. The highest BCUT2D eigenvalue weighted by atomic mass is 16.6. The van der Waals surface area contributed by atoms with E-state index in [2.05, 4.69) is 4.98 Å². The Bertz CT molecular complexity index is 1150. The van der Waals surface area contributed by atoms with Crippen LogP contribution in [0.4, 0.5) is 0 Å². The van der Waals surface area contributed by atoms with Crippen molar-refractivity contribution in [2.24, 2.45) is 0 Å². The van der Waals surface area contributed by atoms with Crippen LogP contribution in [0.25, 0.3) is 0 Å². The number of aromatic nitrogens is 1. The minimum atomic E-state index is -0.777. The molecule has 2 fully saturated rings. The molecule has 5 rings (SSSR count). The molecular weight excluding hydrogens is 436 g/mol. The molecule has 8 nitrogen and oxygen atoms in total. The van der Waals surface area contributed by atoms with Gasteiger partial charge in [-0.05, 0) is 57.4 Å². The van der Waals surface area contributed by atoms with Crippen LogP contribution in [0.3, 0.4) is 0 Å². The van der Waals surface area contributed by atoms with Gasteiger partial charge in [-0.25, -0.2) is 9.59 Å². The third-order valence-corrected chi connectivity index (χ3v) is 6.68. The summed E-state index contributed by atoms with van der Waals surface area (Å²) in [7, 11) is 0. The van der Waals surface area contributed by atoms with Gasteiger partial charge in [0.15, 0.2) is 12.2 Å². The van der Waals surface area contributed by atoms with Crippen molar-refractivity contribution >= 4 is 17.8 Å². The summed E-state index contributed by atoms with van der Waals surface area (Å²) < 4.78 is 16.6. The molecule has 2 aromatic rings. The molecule has 1 aromatic carbocycles. The van der Waals surface area contributed by atoms with Crippen LogP contribution in [0.1, 0.15) is 61.5 Å². The number of likely N-dealkylation sites (tertiary alicyclic amines) is 1. The van der Waals surface area contributed by atoms with Gasteiger partial charge in [-0.3, -0.25) is 9.78 Å². The molecule has 8 heteroatoms. The number of carbonyl (C=O) groups is 3. The summed E-state index contributed by atoms with van der Waals surface area (Å²) >= 11 is 0. The lowest BCUT2D eigenvalue weighted by molar-refractivity contribution is -0.157. The van der Waals surface area contributed by atoms with Crippen LogP contribution < -0.4 is 4.74 Å². The predicted octanol–water partition coefficient (Wildman–Crippen LogP) is 3.13. The van der Waals surface area contributed by atoms with Gasteiger partial charge in [-0.2, -0.15) is 0 Å². The zero-order valence-corrected chi connectivity index (χ0v) is 19.6. The zero-order valence-electron chi connectivity index (χ0n) is 19.6. The standard InChI is InChI=1S/C26H28N2O6/c1-24(2,3)33-21(29)15-32-18-6-4-17(5-7-18)25(9-10-25)23(31)28-13-11-26(16-28)20-8-12-27-14-19(20)22(30)34-26/h4-8,12,14H,9-11,13,15-16H2,1-3H3. The van der Waals surface area contributed by atoms with E-state index in [1.54, 1.807) is 39.1 Å². The van der Waals surface area contributed by atoms with Gasteiger partial charge in [0.05, 0.1) is 17.5 Å². The third kappa shape index (κ3) is 3.91. The van der Waals surface area contributed by atoms with Crippen molar-refractivity contribution in [3.8, 4) is 5.75 Å². The molecule has 34 heavy (non-hydrogen) atoms. The monoisotopic (exact) mass is 464 g/mol. The maximum atomic E-state index is 13.6. The lowest BCUT2D eigenvalue weighted by Crippen LogP contribution is -2.40. The first-order valence-electron chi connectivity index (χ1n) is 11.5. The molecule has 1 amide bonds. The quantitative estimate of drug-likeness (QED) is 0.628. The number of ether oxygens (including phenoxy) is 3. The number of amides is 1. The number of hydrogen-bond acceptors (Lipinski definition) is 7. The van der Waals surface area contributed by atoms with Crippen LogP contribution in [0.5, 0.6) is 5.75 Å². The van der Waals surface area contributed by atoms with Gasteiger partial charge < -0.3 is 19.1 Å². The van der Waals surface area contributed by atoms with Crippen LogP contribution in [0, 0.1) is 0 Å². The molecule has 1 saturated carbocycles. The molecule has 3 aliphatic rings. The highest BCUT2D eigenvalue weighted by molar-refractivity contribution is 5.95. The van der Waals surface area contributed by atoms with E-state index in [4.69, 9.17) is 14.2 Å². The number of carbonyl (C=O) groups excluding carboxylic acids is 3. The van der Waals surface area contributed by atoms with E-state index in [0.29, 0.717) is 30.8 Å². The number of hydrogen-bond donors (Lipinski definition) is 0. The first kappa shape index (κ1) is 22.4. The maximum Gasteiger partial charge on any atom is 0.344 e. The molecule has 2 aliphatic heterocycles. The Morgan fingerprint density at radius 2 is 1.85 bits per heavy atom. The molecule has 178 valence electrons. The van der Waals surface area contributed by atoms with Gasteiger partial charge in [0.1, 0.15) is 11.4 Å². The largest absolute Gasteiger partial charge is 0.482 e. The lowest BCUT2D eigenvalue weighted by atomic mass is 9.92. The van der Waals surface area contributed by atoms with Crippen LogP contribution in [0.2, 0.25) is 0 Å². The van der Waals surface area contributed by atoms with E-state index < -0.39 is 22.6 Å². The van der Waals surface area contributed by atoms with E-state index >= 15 is 0 Å². The van der Waals surface area contributed by atoms with Crippen LogP contribution in [-0.2, 0) is 30.1 Å². The summed E-state index contributed by atoms with van der Waals surface area (Å²) in [6.07, 6.45) is 5.31. The van der Waals surface area contributed by atoms with Crippen molar-refractivity contribution < 1.29 is 28.6 Å². The van der Waals surface area contributed by atoms with Crippen molar-refractivity contribution in [2.45, 2.75) is 56.7 Å². The van der Waals surface area contributed by atoms with Gasteiger partial charge >= 0.3 is 11.9 Å². The van der Waals surface area contributed by atoms with Gasteiger partial charge in [0.2, 0.25) is 5.91 Å².